The Morgan fingerprint density at radius 2 is 2.14 bits per heavy atom. The largest absolute Gasteiger partial charge is 0.483 e. The first-order chi connectivity index (χ1) is 13.5. The molecule has 2 aromatic rings. The van der Waals surface area contributed by atoms with Crippen LogP contribution in [0.4, 0.5) is 0 Å². The second kappa shape index (κ2) is 9.43. The molecule has 2 N–H and O–H groups in total. The van der Waals surface area contributed by atoms with Gasteiger partial charge < -0.3 is 15.0 Å². The number of ether oxygens (including phenoxy) is 1. The molecule has 1 fully saturated rings. The number of benzene rings is 1. The van der Waals surface area contributed by atoms with Gasteiger partial charge in [-0.15, -0.1) is 0 Å². The van der Waals surface area contributed by atoms with Crippen LogP contribution in [-0.2, 0) is 11.3 Å². The quantitative estimate of drug-likeness (QED) is 0.774. The molecule has 6 heteroatoms. The molecule has 0 unspecified atom stereocenters. The minimum absolute atomic E-state index is 0.0534. The molecule has 0 radical (unpaired) electrons. The zero-order valence-corrected chi connectivity index (χ0v) is 16.6. The van der Waals surface area contributed by atoms with Crippen molar-refractivity contribution in [2.45, 2.75) is 33.2 Å². The number of carbonyl (C=O) groups excluding carboxylic acids is 1. The van der Waals surface area contributed by atoms with E-state index in [1.54, 1.807) is 0 Å². The molecule has 148 valence electrons. The Labute approximate surface area is 166 Å². The molecule has 3 rings (SSSR count). The minimum atomic E-state index is -0.0697. The lowest BCUT2D eigenvalue weighted by Gasteiger charge is -2.31. The average molecular weight is 380 g/mol. The van der Waals surface area contributed by atoms with Gasteiger partial charge in [0, 0.05) is 19.3 Å². The lowest BCUT2D eigenvalue weighted by Crippen LogP contribution is -2.39. The fourth-order valence-corrected chi connectivity index (χ4v) is 3.53. The number of likely N-dealkylation sites (tertiary alicyclic amines) is 1. The molecule has 0 saturated carbocycles. The summed E-state index contributed by atoms with van der Waals surface area (Å²) >= 11 is 0. The number of hydrogen-bond donors (Lipinski definition) is 2. The van der Waals surface area contributed by atoms with E-state index >= 15 is 0 Å². The van der Waals surface area contributed by atoms with E-state index in [1.165, 1.54) is 0 Å². The van der Waals surface area contributed by atoms with Crippen molar-refractivity contribution in [1.29, 1.82) is 5.26 Å². The van der Waals surface area contributed by atoms with E-state index in [-0.39, 0.29) is 12.5 Å². The van der Waals surface area contributed by atoms with Gasteiger partial charge in [-0.3, -0.25) is 9.69 Å². The van der Waals surface area contributed by atoms with Gasteiger partial charge in [-0.1, -0.05) is 12.1 Å². The van der Waals surface area contributed by atoms with Crippen molar-refractivity contribution < 1.29 is 9.53 Å². The minimum Gasteiger partial charge on any atom is -0.483 e. The maximum absolute atomic E-state index is 12.1. The van der Waals surface area contributed by atoms with E-state index in [0.717, 1.165) is 54.9 Å². The van der Waals surface area contributed by atoms with Gasteiger partial charge in [0.05, 0.1) is 0 Å². The average Bonchev–Trinajstić information content (AvgIpc) is 3.16. The second-order valence-electron chi connectivity index (χ2n) is 7.54. The molecule has 6 nitrogen and oxygen atoms in total. The highest BCUT2D eigenvalue weighted by Crippen LogP contribution is 2.21. The predicted molar refractivity (Wildman–Crippen MR) is 108 cm³/mol. The number of carbonyl (C=O) groups is 1. The number of nitriles is 1. The number of nitrogens with one attached hydrogen (secondary N) is 2. The van der Waals surface area contributed by atoms with Crippen LogP contribution in [0.5, 0.6) is 5.75 Å². The number of hydrogen-bond acceptors (Lipinski definition) is 4. The maximum atomic E-state index is 12.1. The number of aromatic amines is 1. The van der Waals surface area contributed by atoms with E-state index < -0.39 is 0 Å². The summed E-state index contributed by atoms with van der Waals surface area (Å²) in [7, 11) is 0. The van der Waals surface area contributed by atoms with Crippen molar-refractivity contribution in [1.82, 2.24) is 15.2 Å². The zero-order valence-electron chi connectivity index (χ0n) is 16.6. The van der Waals surface area contributed by atoms with E-state index in [1.807, 2.05) is 44.3 Å². The highest BCUT2D eigenvalue weighted by Gasteiger charge is 2.20. The molecule has 0 aliphatic carbocycles. The Morgan fingerprint density at radius 1 is 1.36 bits per heavy atom. The van der Waals surface area contributed by atoms with Crippen molar-refractivity contribution in [2.75, 3.05) is 26.2 Å². The summed E-state index contributed by atoms with van der Waals surface area (Å²) in [5.74, 6) is 1.20. The topological polar surface area (TPSA) is 81.2 Å². The third-order valence-electron chi connectivity index (χ3n) is 5.48. The number of piperidine rings is 1. The third-order valence-corrected chi connectivity index (χ3v) is 5.48. The molecule has 1 aliphatic heterocycles. The summed E-state index contributed by atoms with van der Waals surface area (Å²) in [5, 5.41) is 11.9. The molecule has 1 saturated heterocycles. The molecule has 0 bridgehead atoms. The lowest BCUT2D eigenvalue weighted by atomic mass is 9.96. The van der Waals surface area contributed by atoms with Crippen molar-refractivity contribution in [3.05, 3.63) is 52.8 Å². The molecule has 1 aromatic heterocycles. The smallest absolute Gasteiger partial charge is 0.257 e. The first-order valence-electron chi connectivity index (χ1n) is 9.80. The number of amides is 1. The first kappa shape index (κ1) is 20.0. The van der Waals surface area contributed by atoms with Gasteiger partial charge in [-0.05, 0) is 74.5 Å². The fourth-order valence-electron chi connectivity index (χ4n) is 3.53. The summed E-state index contributed by atoms with van der Waals surface area (Å²) in [6.45, 7) is 7.67. The number of aryl methyl sites for hydroxylation is 1. The molecule has 2 heterocycles. The van der Waals surface area contributed by atoms with Crippen molar-refractivity contribution in [3.63, 3.8) is 0 Å². The van der Waals surface area contributed by atoms with Gasteiger partial charge in [-0.2, -0.15) is 5.26 Å². The van der Waals surface area contributed by atoms with Gasteiger partial charge in [0.15, 0.2) is 6.61 Å². The van der Waals surface area contributed by atoms with Crippen LogP contribution in [-0.4, -0.2) is 42.0 Å². The van der Waals surface area contributed by atoms with Gasteiger partial charge in [0.1, 0.15) is 17.5 Å². The summed E-state index contributed by atoms with van der Waals surface area (Å²) in [4.78, 5) is 17.5. The van der Waals surface area contributed by atoms with E-state index in [4.69, 9.17) is 10.00 Å². The Hall–Kier alpha value is -2.78. The molecule has 0 atom stereocenters. The number of aromatic nitrogens is 1. The Balaban J connectivity index is 1.35. The van der Waals surface area contributed by atoms with Crippen molar-refractivity contribution in [2.24, 2.45) is 5.92 Å². The Kier molecular flexibility index (Phi) is 6.72. The number of rotatable bonds is 7. The fraction of sp³-hybridized carbons (Fsp3) is 0.455. The van der Waals surface area contributed by atoms with Gasteiger partial charge in [0.25, 0.3) is 5.91 Å². The van der Waals surface area contributed by atoms with E-state index in [9.17, 15) is 4.79 Å². The summed E-state index contributed by atoms with van der Waals surface area (Å²) in [6, 6.07) is 9.90. The van der Waals surface area contributed by atoms with Gasteiger partial charge in [0.2, 0.25) is 0 Å². The zero-order chi connectivity index (χ0) is 19.9. The number of H-pyrrole nitrogens is 1. The van der Waals surface area contributed by atoms with Crippen LogP contribution in [0.1, 0.15) is 35.2 Å². The van der Waals surface area contributed by atoms with Crippen LogP contribution in [0.3, 0.4) is 0 Å². The van der Waals surface area contributed by atoms with Gasteiger partial charge in [-0.25, -0.2) is 0 Å². The molecule has 1 aliphatic rings. The van der Waals surface area contributed by atoms with Crippen LogP contribution in [0.25, 0.3) is 0 Å². The van der Waals surface area contributed by atoms with Gasteiger partial charge >= 0.3 is 0 Å². The van der Waals surface area contributed by atoms with Crippen molar-refractivity contribution in [3.8, 4) is 11.8 Å². The SMILES string of the molecule is Cc1cccc(OCC(=O)NCC2CCN(Cc3c[nH]c(C#N)c3)CC2)c1C. The highest BCUT2D eigenvalue weighted by molar-refractivity contribution is 5.77. The highest BCUT2D eigenvalue weighted by atomic mass is 16.5. The standard InChI is InChI=1S/C22H28N4O2/c1-16-4-3-5-21(17(16)2)28-15-22(27)25-12-18-6-8-26(9-7-18)14-19-10-20(11-23)24-13-19/h3-5,10,13,18,24H,6-9,12,14-15H2,1-2H3,(H,25,27). The lowest BCUT2D eigenvalue weighted by molar-refractivity contribution is -0.123. The molecular weight excluding hydrogens is 352 g/mol. The van der Waals surface area contributed by atoms with Crippen LogP contribution >= 0.6 is 0 Å². The van der Waals surface area contributed by atoms with E-state index in [2.05, 4.69) is 21.3 Å². The number of nitrogens with zero attached hydrogens (tertiary/aromatic N) is 2. The molecule has 1 amide bonds. The normalized spacial score (nSPS) is 15.2. The molecule has 1 aromatic carbocycles. The maximum Gasteiger partial charge on any atom is 0.257 e. The summed E-state index contributed by atoms with van der Waals surface area (Å²) in [6.07, 6.45) is 4.03. The van der Waals surface area contributed by atoms with Crippen LogP contribution in [0.15, 0.2) is 30.5 Å². The monoisotopic (exact) mass is 380 g/mol. The third kappa shape index (κ3) is 5.37. The van der Waals surface area contributed by atoms with Crippen molar-refractivity contribution >= 4 is 5.91 Å². The summed E-state index contributed by atoms with van der Waals surface area (Å²) < 4.78 is 5.67. The molecule has 28 heavy (non-hydrogen) atoms. The summed E-state index contributed by atoms with van der Waals surface area (Å²) in [5.41, 5.74) is 3.99. The Bertz CT molecular complexity index is 844. The molecular formula is C22H28N4O2. The molecule has 0 spiro atoms. The van der Waals surface area contributed by atoms with Crippen LogP contribution in [0.2, 0.25) is 0 Å². The predicted octanol–water partition coefficient (Wildman–Crippen LogP) is 2.91. The second-order valence-corrected chi connectivity index (χ2v) is 7.54. The Morgan fingerprint density at radius 3 is 2.86 bits per heavy atom. The van der Waals surface area contributed by atoms with Crippen LogP contribution < -0.4 is 10.1 Å². The first-order valence-corrected chi connectivity index (χ1v) is 9.80. The van der Waals surface area contributed by atoms with Crippen LogP contribution in [0, 0.1) is 31.1 Å². The van der Waals surface area contributed by atoms with E-state index in [0.29, 0.717) is 18.2 Å².